The molecule has 0 radical (unpaired) electrons. The molecule has 222 valence electrons. The van der Waals surface area contributed by atoms with Crippen molar-refractivity contribution in [3.05, 3.63) is 85.0 Å². The van der Waals surface area contributed by atoms with E-state index >= 15 is 0 Å². The lowest BCUT2D eigenvalue weighted by Crippen LogP contribution is -2.15. The maximum absolute atomic E-state index is 11.7. The zero-order valence-electron chi connectivity index (χ0n) is 24.6. The highest BCUT2D eigenvalue weighted by atomic mass is 16.4. The van der Waals surface area contributed by atoms with Gasteiger partial charge in [-0.15, -0.1) is 0 Å². The van der Waals surface area contributed by atoms with Gasteiger partial charge in [0.1, 0.15) is 0 Å². The molecule has 4 rings (SSSR count). The number of aromatic nitrogens is 2. The molecule has 4 heterocycles. The fourth-order valence-corrected chi connectivity index (χ4v) is 5.34. The van der Waals surface area contributed by atoms with Crippen LogP contribution >= 0.6 is 0 Å². The highest BCUT2D eigenvalue weighted by Gasteiger charge is 2.21. The molecule has 2 aromatic rings. The van der Waals surface area contributed by atoms with Gasteiger partial charge in [0, 0.05) is 46.1 Å². The molecule has 0 amide bonds. The number of rotatable bonds is 12. The van der Waals surface area contributed by atoms with Crippen LogP contribution in [0.2, 0.25) is 0 Å². The van der Waals surface area contributed by atoms with Crippen molar-refractivity contribution in [1.82, 2.24) is 9.97 Å². The normalized spacial score (nSPS) is 16.8. The van der Waals surface area contributed by atoms with Crippen LogP contribution < -0.4 is 10.7 Å². The molecule has 0 aromatic carbocycles. The summed E-state index contributed by atoms with van der Waals surface area (Å²) in [6.07, 6.45) is 8.91. The molecule has 0 saturated carbocycles. The van der Waals surface area contributed by atoms with Crippen molar-refractivity contribution in [3.8, 4) is 0 Å². The second-order valence-corrected chi connectivity index (χ2v) is 10.6. The van der Waals surface area contributed by atoms with Gasteiger partial charge in [-0.05, 0) is 98.2 Å². The molecular formula is C33H34N4O6. The lowest BCUT2D eigenvalue weighted by Gasteiger charge is -2.02. The number of hydrogen-bond donors (Lipinski definition) is 4. The summed E-state index contributed by atoms with van der Waals surface area (Å²) in [6.45, 7) is 11.6. The summed E-state index contributed by atoms with van der Waals surface area (Å²) < 4.78 is 0. The highest BCUT2D eigenvalue weighted by Crippen LogP contribution is 2.29. The van der Waals surface area contributed by atoms with Crippen molar-refractivity contribution in [1.29, 1.82) is 0 Å². The Morgan fingerprint density at radius 1 is 0.814 bits per heavy atom. The van der Waals surface area contributed by atoms with E-state index in [0.717, 1.165) is 40.4 Å². The number of carbonyl (C=O) groups is 4. The first kappa shape index (κ1) is 30.8. The van der Waals surface area contributed by atoms with E-state index in [4.69, 9.17) is 0 Å². The van der Waals surface area contributed by atoms with Crippen LogP contribution in [0.3, 0.4) is 0 Å². The van der Waals surface area contributed by atoms with Gasteiger partial charge in [-0.25, -0.2) is 4.99 Å². The van der Waals surface area contributed by atoms with Crippen LogP contribution in [0.4, 0.5) is 0 Å². The van der Waals surface area contributed by atoms with Gasteiger partial charge in [-0.2, -0.15) is 0 Å². The fourth-order valence-electron chi connectivity index (χ4n) is 5.34. The van der Waals surface area contributed by atoms with Crippen LogP contribution in [0.15, 0.2) is 50.6 Å². The van der Waals surface area contributed by atoms with E-state index in [1.807, 2.05) is 39.8 Å². The van der Waals surface area contributed by atoms with Gasteiger partial charge in [-0.3, -0.25) is 24.2 Å². The van der Waals surface area contributed by atoms with Crippen LogP contribution in [0.1, 0.15) is 60.3 Å². The van der Waals surface area contributed by atoms with E-state index in [0.29, 0.717) is 62.5 Å². The first-order valence-electron chi connectivity index (χ1n) is 13.8. The summed E-state index contributed by atoms with van der Waals surface area (Å²) in [5.41, 5.74) is 8.88. The zero-order chi connectivity index (χ0) is 31.4. The Morgan fingerprint density at radius 3 is 2.05 bits per heavy atom. The van der Waals surface area contributed by atoms with Gasteiger partial charge in [0.15, 0.2) is 12.6 Å². The van der Waals surface area contributed by atoms with Gasteiger partial charge in [-0.1, -0.05) is 6.58 Å². The van der Waals surface area contributed by atoms with Crippen LogP contribution in [-0.4, -0.2) is 62.7 Å². The maximum atomic E-state index is 11.7. The smallest absolute Gasteiger partial charge is 0.303 e. The second kappa shape index (κ2) is 12.8. The van der Waals surface area contributed by atoms with Crippen molar-refractivity contribution in [2.75, 3.05) is 6.54 Å². The average molecular weight is 583 g/mol. The van der Waals surface area contributed by atoms with E-state index in [-0.39, 0.29) is 25.7 Å². The van der Waals surface area contributed by atoms with Crippen LogP contribution in [0.5, 0.6) is 0 Å². The molecule has 2 aromatic heterocycles. The Hall–Kier alpha value is -5.12. The summed E-state index contributed by atoms with van der Waals surface area (Å²) in [5, 5.41) is 20.2. The minimum atomic E-state index is -0.932. The molecule has 0 unspecified atom stereocenters. The third-order valence-corrected chi connectivity index (χ3v) is 7.89. The molecule has 2 aliphatic rings. The number of aldehydes is 2. The van der Waals surface area contributed by atoms with Crippen LogP contribution in [0, 0.1) is 13.8 Å². The number of aliphatic carboxylic acids is 2. The topological polar surface area (TPSA) is 165 Å². The third-order valence-electron chi connectivity index (χ3n) is 7.89. The quantitative estimate of drug-likeness (QED) is 0.281. The predicted octanol–water partition coefficient (Wildman–Crippen LogP) is 3.07. The molecule has 0 spiro atoms. The largest absolute Gasteiger partial charge is 0.481 e. The lowest BCUT2D eigenvalue weighted by molar-refractivity contribution is -0.138. The Morgan fingerprint density at radius 2 is 1.47 bits per heavy atom. The number of aliphatic imine (C=N–C) groups is 2. The Labute approximate surface area is 248 Å². The molecule has 0 fully saturated rings. The predicted molar refractivity (Wildman–Crippen MR) is 166 cm³/mol. The molecule has 0 saturated heterocycles. The summed E-state index contributed by atoms with van der Waals surface area (Å²) in [6, 6.07) is 0. The van der Waals surface area contributed by atoms with Gasteiger partial charge in [0.05, 0.1) is 23.7 Å². The molecule has 0 aliphatic carbocycles. The number of nitrogens with one attached hydrogen (secondary N) is 2. The standard InChI is InChI=1S/C33H34N4O6/c1-6-25-24(16-39)20(5)27(35-25)11-26-18(3)21(7-9-32(40)41)30(36-26)13-31-22(8-10-33(42)43)19(4)28(37-31)12-29-23(15-38)17(2)14-34-29/h6,11-13,15-16,36-37H,1,7-10,14H2,2-5H3,(H,40,41)(H,42,43)/b27-11?,28-12-,31-13-. The Bertz CT molecular complexity index is 1840. The maximum Gasteiger partial charge on any atom is 0.303 e. The summed E-state index contributed by atoms with van der Waals surface area (Å²) in [5.74, 6) is -1.86. The molecule has 4 N–H and O–H groups in total. The number of hydrogen-bond acceptors (Lipinski definition) is 6. The van der Waals surface area contributed by atoms with E-state index in [9.17, 15) is 29.4 Å². The summed E-state index contributed by atoms with van der Waals surface area (Å²) in [7, 11) is 0. The fraction of sp³-hybridized carbons (Fsp3) is 0.273. The second-order valence-electron chi connectivity index (χ2n) is 10.6. The SMILES string of the molecule is C=CC1=NC(=Cc2[nH]c(/C=c3\[nH]/c(=C\C4=NCC(C)=C4C=O)c(C)c3CCC(=O)O)c(CCC(=O)O)c2C)C(C)=C1C=O. The summed E-state index contributed by atoms with van der Waals surface area (Å²) in [4.78, 5) is 62.1. The molecule has 10 heteroatoms. The third kappa shape index (κ3) is 6.38. The number of allylic oxidation sites excluding steroid dienone is 4. The number of carbonyl (C=O) groups excluding carboxylic acids is 2. The van der Waals surface area contributed by atoms with Crippen LogP contribution in [-0.2, 0) is 32.0 Å². The number of H-pyrrole nitrogens is 2. The molecule has 0 atom stereocenters. The van der Waals surface area contributed by atoms with E-state index in [2.05, 4.69) is 26.5 Å². The Kier molecular flexibility index (Phi) is 9.18. The molecule has 10 nitrogen and oxygen atoms in total. The highest BCUT2D eigenvalue weighted by molar-refractivity contribution is 6.30. The van der Waals surface area contributed by atoms with Crippen molar-refractivity contribution in [2.24, 2.45) is 9.98 Å². The summed E-state index contributed by atoms with van der Waals surface area (Å²) >= 11 is 0. The monoisotopic (exact) mass is 582 g/mol. The van der Waals surface area contributed by atoms with E-state index < -0.39 is 11.9 Å². The van der Waals surface area contributed by atoms with E-state index in [1.165, 1.54) is 6.08 Å². The number of carboxylic acid groups (broad SMARTS) is 2. The number of aromatic amines is 2. The Balaban J connectivity index is 1.92. The van der Waals surface area contributed by atoms with Gasteiger partial charge >= 0.3 is 11.9 Å². The number of carboxylic acids is 2. The van der Waals surface area contributed by atoms with Crippen molar-refractivity contribution in [3.63, 3.8) is 0 Å². The van der Waals surface area contributed by atoms with Crippen molar-refractivity contribution >= 4 is 54.2 Å². The zero-order valence-corrected chi connectivity index (χ0v) is 24.6. The minimum absolute atomic E-state index is 0.0835. The van der Waals surface area contributed by atoms with E-state index in [1.54, 1.807) is 6.08 Å². The molecular weight excluding hydrogens is 548 g/mol. The molecule has 0 bridgehead atoms. The van der Waals surface area contributed by atoms with Crippen molar-refractivity contribution < 1.29 is 29.4 Å². The molecule has 2 aliphatic heterocycles. The number of nitrogens with zero attached hydrogens (tertiary/aromatic N) is 2. The van der Waals surface area contributed by atoms with Crippen molar-refractivity contribution in [2.45, 2.75) is 53.4 Å². The minimum Gasteiger partial charge on any atom is -0.481 e. The van der Waals surface area contributed by atoms with Gasteiger partial charge in [0.2, 0.25) is 0 Å². The van der Waals surface area contributed by atoms with Gasteiger partial charge < -0.3 is 20.2 Å². The lowest BCUT2D eigenvalue weighted by atomic mass is 10.0. The first-order valence-corrected chi connectivity index (χ1v) is 13.8. The van der Waals surface area contributed by atoms with Crippen LogP contribution in [0.25, 0.3) is 18.2 Å². The molecule has 43 heavy (non-hydrogen) atoms. The van der Waals surface area contributed by atoms with Gasteiger partial charge in [0.25, 0.3) is 0 Å². The first-order chi connectivity index (χ1) is 20.5. The average Bonchev–Trinajstić information content (AvgIpc) is 3.65.